The second-order valence-corrected chi connectivity index (χ2v) is 7.76. The van der Waals surface area contributed by atoms with E-state index in [0.717, 1.165) is 36.4 Å². The molecular formula is C22H17F5N6O2. The van der Waals surface area contributed by atoms with Crippen molar-refractivity contribution in [2.24, 2.45) is 5.73 Å². The van der Waals surface area contributed by atoms with Gasteiger partial charge in [-0.25, -0.2) is 18.7 Å². The van der Waals surface area contributed by atoms with Crippen LogP contribution in [0, 0.1) is 23.0 Å². The second kappa shape index (κ2) is 8.95. The normalized spacial score (nSPS) is 15.8. The zero-order chi connectivity index (χ0) is 25.5. The molecule has 0 saturated carbocycles. The van der Waals surface area contributed by atoms with Gasteiger partial charge in [0.25, 0.3) is 5.91 Å². The number of pyridine rings is 1. The number of carbonyl (C=O) groups is 1. The van der Waals surface area contributed by atoms with Crippen LogP contribution in [0.2, 0.25) is 0 Å². The molecule has 1 fully saturated rings. The van der Waals surface area contributed by atoms with Gasteiger partial charge in [0.05, 0.1) is 24.6 Å². The van der Waals surface area contributed by atoms with Crippen molar-refractivity contribution in [3.63, 3.8) is 0 Å². The van der Waals surface area contributed by atoms with Gasteiger partial charge >= 0.3 is 6.18 Å². The number of carbonyl (C=O) groups excluding carboxylic acids is 1. The second-order valence-electron chi connectivity index (χ2n) is 7.76. The molecule has 3 aromatic rings. The van der Waals surface area contributed by atoms with E-state index in [4.69, 9.17) is 15.7 Å². The minimum absolute atomic E-state index is 0.0303. The number of nitrogens with zero attached hydrogens (tertiary/aromatic N) is 5. The smallest absolute Gasteiger partial charge is 0.434 e. The fourth-order valence-corrected chi connectivity index (χ4v) is 3.83. The van der Waals surface area contributed by atoms with Crippen LogP contribution in [0.5, 0.6) is 5.88 Å². The minimum atomic E-state index is -5.13. The molecule has 1 amide bonds. The Kier molecular flexibility index (Phi) is 6.16. The van der Waals surface area contributed by atoms with Crippen molar-refractivity contribution in [1.29, 1.82) is 5.26 Å². The van der Waals surface area contributed by atoms with Crippen molar-refractivity contribution >= 4 is 5.91 Å². The van der Waals surface area contributed by atoms with Gasteiger partial charge in [0, 0.05) is 30.8 Å². The lowest BCUT2D eigenvalue weighted by molar-refractivity contribution is -0.142. The third kappa shape index (κ3) is 4.40. The number of halogens is 5. The van der Waals surface area contributed by atoms with E-state index >= 15 is 0 Å². The lowest BCUT2D eigenvalue weighted by Crippen LogP contribution is -2.33. The lowest BCUT2D eigenvalue weighted by Gasteiger charge is -2.18. The average molecular weight is 492 g/mol. The van der Waals surface area contributed by atoms with Crippen LogP contribution in [-0.4, -0.2) is 51.6 Å². The SMILES string of the molecule is COc1ncc(-n2c(-c3ccc(C#N)c(F)c3)nc(C(=O)N3CC[C@H](N)C3)c2C(F)(F)F)cc1F. The lowest BCUT2D eigenvalue weighted by atomic mass is 10.1. The maximum absolute atomic E-state index is 14.4. The van der Waals surface area contributed by atoms with Crippen LogP contribution < -0.4 is 10.5 Å². The zero-order valence-corrected chi connectivity index (χ0v) is 18.1. The molecule has 4 rings (SSSR count). The topological polar surface area (TPSA) is 110 Å². The number of aromatic nitrogens is 3. The number of amides is 1. The number of methoxy groups -OCH3 is 1. The zero-order valence-electron chi connectivity index (χ0n) is 18.1. The van der Waals surface area contributed by atoms with Gasteiger partial charge in [-0.05, 0) is 24.6 Å². The minimum Gasteiger partial charge on any atom is -0.479 e. The molecule has 1 aromatic carbocycles. The molecule has 0 unspecified atom stereocenters. The highest BCUT2D eigenvalue weighted by molar-refractivity contribution is 5.95. The molecule has 35 heavy (non-hydrogen) atoms. The monoisotopic (exact) mass is 492 g/mol. The van der Waals surface area contributed by atoms with Gasteiger partial charge in [-0.3, -0.25) is 9.36 Å². The maximum Gasteiger partial charge on any atom is 0.434 e. The molecule has 1 saturated heterocycles. The maximum atomic E-state index is 14.4. The first-order valence-corrected chi connectivity index (χ1v) is 10.2. The number of rotatable bonds is 4. The number of hydrogen-bond donors (Lipinski definition) is 1. The summed E-state index contributed by atoms with van der Waals surface area (Å²) in [5.41, 5.74) is 2.40. The molecule has 2 N–H and O–H groups in total. The number of benzene rings is 1. The van der Waals surface area contributed by atoms with E-state index in [9.17, 15) is 26.7 Å². The largest absolute Gasteiger partial charge is 0.479 e. The summed E-state index contributed by atoms with van der Waals surface area (Å²) >= 11 is 0. The van der Waals surface area contributed by atoms with Crippen LogP contribution in [0.4, 0.5) is 22.0 Å². The van der Waals surface area contributed by atoms with Crippen LogP contribution in [0.3, 0.4) is 0 Å². The summed E-state index contributed by atoms with van der Waals surface area (Å²) in [6.45, 7) is 0.159. The summed E-state index contributed by atoms with van der Waals surface area (Å²) in [6, 6.07) is 4.99. The van der Waals surface area contributed by atoms with Gasteiger partial charge in [0.1, 0.15) is 17.7 Å². The molecule has 13 heteroatoms. The standard InChI is InChI=1S/C22H17F5N6O2/c1-35-20-16(24)7-14(9-30-20)33-18(22(25,26)27)17(21(34)32-5-4-13(29)10-32)31-19(33)11-2-3-12(8-28)15(23)6-11/h2-3,6-7,9,13H,4-5,10,29H2,1H3/t13-/m0/s1. The number of hydrogen-bond acceptors (Lipinski definition) is 6. The van der Waals surface area contributed by atoms with Gasteiger partial charge in [-0.1, -0.05) is 0 Å². The summed E-state index contributed by atoms with van der Waals surface area (Å²) in [5.74, 6) is -4.07. The van der Waals surface area contributed by atoms with Crippen molar-refractivity contribution < 1.29 is 31.5 Å². The highest BCUT2D eigenvalue weighted by Gasteiger charge is 2.44. The molecule has 8 nitrogen and oxygen atoms in total. The third-order valence-corrected chi connectivity index (χ3v) is 5.45. The van der Waals surface area contributed by atoms with Gasteiger partial charge in [0.2, 0.25) is 5.88 Å². The molecule has 0 aliphatic carbocycles. The fraction of sp³-hybridized carbons (Fsp3) is 0.273. The average Bonchev–Trinajstić information content (AvgIpc) is 3.42. The predicted molar refractivity (Wildman–Crippen MR) is 111 cm³/mol. The summed E-state index contributed by atoms with van der Waals surface area (Å²) in [5, 5.41) is 8.98. The van der Waals surface area contributed by atoms with E-state index < -0.39 is 58.5 Å². The van der Waals surface area contributed by atoms with Crippen molar-refractivity contribution in [3.8, 4) is 29.0 Å². The van der Waals surface area contributed by atoms with E-state index in [0.29, 0.717) is 11.0 Å². The molecule has 1 atom stereocenters. The quantitative estimate of drug-likeness (QED) is 0.560. The number of alkyl halides is 3. The van der Waals surface area contributed by atoms with Crippen LogP contribution in [0.1, 0.15) is 28.2 Å². The molecule has 0 radical (unpaired) electrons. The molecule has 0 bridgehead atoms. The van der Waals surface area contributed by atoms with Gasteiger partial charge in [-0.15, -0.1) is 0 Å². The summed E-state index contributed by atoms with van der Waals surface area (Å²) < 4.78 is 77.1. The summed E-state index contributed by atoms with van der Waals surface area (Å²) in [4.78, 5) is 21.8. The van der Waals surface area contributed by atoms with E-state index in [-0.39, 0.29) is 24.2 Å². The van der Waals surface area contributed by atoms with Crippen molar-refractivity contribution in [2.45, 2.75) is 18.6 Å². The van der Waals surface area contributed by atoms with Crippen LogP contribution >= 0.6 is 0 Å². The Hall–Kier alpha value is -4.05. The van der Waals surface area contributed by atoms with Crippen molar-refractivity contribution in [3.05, 3.63) is 59.0 Å². The van der Waals surface area contributed by atoms with E-state index in [1.165, 1.54) is 6.07 Å². The molecule has 1 aliphatic heterocycles. The van der Waals surface area contributed by atoms with Gasteiger partial charge in [-0.2, -0.15) is 18.4 Å². The Balaban J connectivity index is 2.02. The summed E-state index contributed by atoms with van der Waals surface area (Å²) in [6.07, 6.45) is -3.82. The molecule has 2 aromatic heterocycles. The number of ether oxygens (including phenoxy) is 1. The highest BCUT2D eigenvalue weighted by Crippen LogP contribution is 2.39. The Labute approximate surface area is 195 Å². The number of likely N-dealkylation sites (tertiary alicyclic amines) is 1. The Morgan fingerprint density at radius 1 is 1.26 bits per heavy atom. The number of imidazole rings is 1. The van der Waals surface area contributed by atoms with E-state index in [1.807, 2.05) is 0 Å². The van der Waals surface area contributed by atoms with E-state index in [2.05, 4.69) is 9.97 Å². The van der Waals surface area contributed by atoms with Gasteiger partial charge in [0.15, 0.2) is 17.2 Å². The Bertz CT molecular complexity index is 1350. The van der Waals surface area contributed by atoms with Crippen LogP contribution in [0.15, 0.2) is 30.5 Å². The first kappa shape index (κ1) is 24.1. The third-order valence-electron chi connectivity index (χ3n) is 5.45. The molecule has 3 heterocycles. The summed E-state index contributed by atoms with van der Waals surface area (Å²) in [7, 11) is 1.13. The number of nitriles is 1. The fourth-order valence-electron chi connectivity index (χ4n) is 3.83. The first-order chi connectivity index (χ1) is 16.5. The molecule has 1 aliphatic rings. The number of nitrogens with two attached hydrogens (primary N) is 1. The van der Waals surface area contributed by atoms with Crippen LogP contribution in [0.25, 0.3) is 17.1 Å². The molecular weight excluding hydrogens is 475 g/mol. The van der Waals surface area contributed by atoms with Crippen LogP contribution in [-0.2, 0) is 6.18 Å². The van der Waals surface area contributed by atoms with Crippen molar-refractivity contribution in [2.75, 3.05) is 20.2 Å². The van der Waals surface area contributed by atoms with E-state index in [1.54, 1.807) is 6.07 Å². The van der Waals surface area contributed by atoms with Gasteiger partial charge < -0.3 is 15.4 Å². The Morgan fingerprint density at radius 3 is 2.54 bits per heavy atom. The highest BCUT2D eigenvalue weighted by atomic mass is 19.4. The Morgan fingerprint density at radius 2 is 2.00 bits per heavy atom. The molecule has 0 spiro atoms. The predicted octanol–water partition coefficient (Wildman–Crippen LogP) is 3.28. The molecule has 182 valence electrons. The first-order valence-electron chi connectivity index (χ1n) is 10.2. The van der Waals surface area contributed by atoms with Crippen molar-refractivity contribution in [1.82, 2.24) is 19.4 Å².